The Labute approximate surface area is 97.2 Å². The van der Waals surface area contributed by atoms with Gasteiger partial charge in [0.2, 0.25) is 5.91 Å². The molecule has 1 rings (SSSR count). The van der Waals surface area contributed by atoms with Gasteiger partial charge < -0.3 is 10.6 Å². The lowest BCUT2D eigenvalue weighted by atomic mass is 9.98. The molecule has 0 aliphatic carbocycles. The monoisotopic (exact) mass is 220 g/mol. The number of amides is 1. The summed E-state index contributed by atoms with van der Waals surface area (Å²) in [4.78, 5) is 11.6. The molecule has 0 aromatic heterocycles. The second-order valence-electron chi connectivity index (χ2n) is 3.97. The minimum atomic E-state index is 0.117. The van der Waals surface area contributed by atoms with E-state index in [-0.39, 0.29) is 11.8 Å². The number of nitrogens with one attached hydrogen (secondary N) is 2. The lowest BCUT2D eigenvalue weighted by molar-refractivity contribution is -0.121. The van der Waals surface area contributed by atoms with Gasteiger partial charge in [0.25, 0.3) is 0 Å². The average Bonchev–Trinajstić information content (AvgIpc) is 2.30. The van der Waals surface area contributed by atoms with E-state index in [1.165, 1.54) is 5.56 Å². The van der Waals surface area contributed by atoms with Gasteiger partial charge in [-0.2, -0.15) is 0 Å². The van der Waals surface area contributed by atoms with Crippen molar-refractivity contribution in [3.05, 3.63) is 35.9 Å². The SMILES string of the molecule is CNCCNC(=O)CC(C)c1ccccc1. The fourth-order valence-electron chi connectivity index (χ4n) is 1.58. The molecule has 0 radical (unpaired) electrons. The maximum atomic E-state index is 11.6. The fourth-order valence-corrected chi connectivity index (χ4v) is 1.58. The van der Waals surface area contributed by atoms with Crippen LogP contribution >= 0.6 is 0 Å². The van der Waals surface area contributed by atoms with Crippen LogP contribution in [-0.2, 0) is 4.79 Å². The van der Waals surface area contributed by atoms with Crippen molar-refractivity contribution in [2.24, 2.45) is 0 Å². The van der Waals surface area contributed by atoms with E-state index >= 15 is 0 Å². The quantitative estimate of drug-likeness (QED) is 0.714. The molecule has 0 heterocycles. The highest BCUT2D eigenvalue weighted by molar-refractivity contribution is 5.76. The normalized spacial score (nSPS) is 12.1. The van der Waals surface area contributed by atoms with Gasteiger partial charge in [-0.25, -0.2) is 0 Å². The number of benzene rings is 1. The van der Waals surface area contributed by atoms with E-state index in [2.05, 4.69) is 29.7 Å². The lowest BCUT2D eigenvalue weighted by Crippen LogP contribution is -2.31. The van der Waals surface area contributed by atoms with Crippen molar-refractivity contribution in [2.75, 3.05) is 20.1 Å². The Balaban J connectivity index is 2.34. The Morgan fingerprint density at radius 1 is 1.25 bits per heavy atom. The van der Waals surface area contributed by atoms with Crippen molar-refractivity contribution in [3.63, 3.8) is 0 Å². The highest BCUT2D eigenvalue weighted by atomic mass is 16.1. The van der Waals surface area contributed by atoms with Crippen molar-refractivity contribution >= 4 is 5.91 Å². The third kappa shape index (κ3) is 4.45. The number of hydrogen-bond donors (Lipinski definition) is 2. The van der Waals surface area contributed by atoms with E-state index in [1.54, 1.807) is 0 Å². The van der Waals surface area contributed by atoms with Crippen molar-refractivity contribution in [2.45, 2.75) is 19.3 Å². The maximum absolute atomic E-state index is 11.6. The summed E-state index contributed by atoms with van der Waals surface area (Å²) in [5, 5.41) is 5.88. The summed E-state index contributed by atoms with van der Waals surface area (Å²) in [6.07, 6.45) is 0.549. The third-order valence-electron chi connectivity index (χ3n) is 2.56. The van der Waals surface area contributed by atoms with E-state index in [0.29, 0.717) is 13.0 Å². The Morgan fingerprint density at radius 3 is 2.56 bits per heavy atom. The summed E-state index contributed by atoms with van der Waals surface area (Å²) in [5.74, 6) is 0.391. The van der Waals surface area contributed by atoms with Gasteiger partial charge in [-0.1, -0.05) is 37.3 Å². The molecule has 16 heavy (non-hydrogen) atoms. The largest absolute Gasteiger partial charge is 0.355 e. The Bertz CT molecular complexity index is 311. The molecule has 1 aromatic rings. The molecule has 3 heteroatoms. The molecule has 1 aromatic carbocycles. The average molecular weight is 220 g/mol. The van der Waals surface area contributed by atoms with Crippen LogP contribution in [0.3, 0.4) is 0 Å². The molecule has 0 aliphatic rings. The molecule has 0 saturated carbocycles. The van der Waals surface area contributed by atoms with Crippen molar-refractivity contribution in [1.82, 2.24) is 10.6 Å². The molecule has 3 nitrogen and oxygen atoms in total. The summed E-state index contributed by atoms with van der Waals surface area (Å²) in [5.41, 5.74) is 1.21. The van der Waals surface area contributed by atoms with Crippen molar-refractivity contribution < 1.29 is 4.79 Å². The summed E-state index contributed by atoms with van der Waals surface area (Å²) >= 11 is 0. The summed E-state index contributed by atoms with van der Waals surface area (Å²) < 4.78 is 0. The van der Waals surface area contributed by atoms with E-state index in [1.807, 2.05) is 25.2 Å². The van der Waals surface area contributed by atoms with Gasteiger partial charge in [0.05, 0.1) is 0 Å². The molecule has 2 N–H and O–H groups in total. The predicted octanol–water partition coefficient (Wildman–Crippen LogP) is 1.52. The topological polar surface area (TPSA) is 41.1 Å². The molecule has 1 amide bonds. The summed E-state index contributed by atoms with van der Waals surface area (Å²) in [6.45, 7) is 3.58. The number of carbonyl (C=O) groups excluding carboxylic acids is 1. The van der Waals surface area contributed by atoms with Gasteiger partial charge in [0.1, 0.15) is 0 Å². The minimum absolute atomic E-state index is 0.117. The molecule has 88 valence electrons. The van der Waals surface area contributed by atoms with E-state index in [0.717, 1.165) is 6.54 Å². The Hall–Kier alpha value is -1.35. The van der Waals surface area contributed by atoms with Crippen LogP contribution in [0.25, 0.3) is 0 Å². The van der Waals surface area contributed by atoms with Crippen molar-refractivity contribution in [1.29, 1.82) is 0 Å². The number of carbonyl (C=O) groups is 1. The van der Waals surface area contributed by atoms with Crippen LogP contribution in [0.15, 0.2) is 30.3 Å². The zero-order valence-corrected chi connectivity index (χ0v) is 9.99. The van der Waals surface area contributed by atoms with Crippen LogP contribution in [0.1, 0.15) is 24.8 Å². The van der Waals surface area contributed by atoms with Gasteiger partial charge >= 0.3 is 0 Å². The van der Waals surface area contributed by atoms with E-state index in [9.17, 15) is 4.79 Å². The Morgan fingerprint density at radius 2 is 1.94 bits per heavy atom. The van der Waals surface area contributed by atoms with E-state index in [4.69, 9.17) is 0 Å². The van der Waals surface area contributed by atoms with Crippen LogP contribution in [0.4, 0.5) is 0 Å². The first-order chi connectivity index (χ1) is 7.74. The zero-order chi connectivity index (χ0) is 11.8. The minimum Gasteiger partial charge on any atom is -0.355 e. The van der Waals surface area contributed by atoms with Crippen LogP contribution in [0, 0.1) is 0 Å². The van der Waals surface area contributed by atoms with Crippen LogP contribution < -0.4 is 10.6 Å². The zero-order valence-electron chi connectivity index (χ0n) is 9.99. The van der Waals surface area contributed by atoms with Crippen LogP contribution in [-0.4, -0.2) is 26.0 Å². The standard InChI is InChI=1S/C13H20N2O/c1-11(12-6-4-3-5-7-12)10-13(16)15-9-8-14-2/h3-7,11,14H,8-10H2,1-2H3,(H,15,16). The molecular formula is C13H20N2O. The first kappa shape index (κ1) is 12.7. The molecule has 0 saturated heterocycles. The first-order valence-corrected chi connectivity index (χ1v) is 5.70. The predicted molar refractivity (Wildman–Crippen MR) is 66.4 cm³/mol. The summed E-state index contributed by atoms with van der Waals surface area (Å²) in [6, 6.07) is 10.1. The molecular weight excluding hydrogens is 200 g/mol. The smallest absolute Gasteiger partial charge is 0.220 e. The first-order valence-electron chi connectivity index (χ1n) is 5.70. The number of likely N-dealkylation sites (N-methyl/N-ethyl adjacent to an activating group) is 1. The Kier molecular flexibility index (Phi) is 5.57. The lowest BCUT2D eigenvalue weighted by Gasteiger charge is -2.11. The van der Waals surface area contributed by atoms with Crippen molar-refractivity contribution in [3.8, 4) is 0 Å². The summed E-state index contributed by atoms with van der Waals surface area (Å²) in [7, 11) is 1.87. The van der Waals surface area contributed by atoms with Gasteiger partial charge in [0, 0.05) is 19.5 Å². The highest BCUT2D eigenvalue weighted by Gasteiger charge is 2.09. The fraction of sp³-hybridized carbons (Fsp3) is 0.462. The van der Waals surface area contributed by atoms with Gasteiger partial charge in [-0.15, -0.1) is 0 Å². The second-order valence-corrected chi connectivity index (χ2v) is 3.97. The molecule has 1 unspecified atom stereocenters. The highest BCUT2D eigenvalue weighted by Crippen LogP contribution is 2.17. The molecule has 0 aliphatic heterocycles. The van der Waals surface area contributed by atoms with Crippen LogP contribution in [0.5, 0.6) is 0 Å². The van der Waals surface area contributed by atoms with E-state index < -0.39 is 0 Å². The second kappa shape index (κ2) is 7.01. The van der Waals surface area contributed by atoms with Gasteiger partial charge in [-0.05, 0) is 18.5 Å². The molecule has 0 spiro atoms. The number of hydrogen-bond acceptors (Lipinski definition) is 2. The van der Waals surface area contributed by atoms with Gasteiger partial charge in [-0.3, -0.25) is 4.79 Å². The number of rotatable bonds is 6. The van der Waals surface area contributed by atoms with Gasteiger partial charge in [0.15, 0.2) is 0 Å². The molecule has 1 atom stereocenters. The third-order valence-corrected chi connectivity index (χ3v) is 2.56. The van der Waals surface area contributed by atoms with Crippen LogP contribution in [0.2, 0.25) is 0 Å². The maximum Gasteiger partial charge on any atom is 0.220 e. The molecule has 0 fully saturated rings. The molecule has 0 bridgehead atoms.